The molecule has 0 fully saturated rings. The summed E-state index contributed by atoms with van der Waals surface area (Å²) in [5, 5.41) is 0.637. The predicted octanol–water partition coefficient (Wildman–Crippen LogP) is 3.61. The molecule has 5 heteroatoms. The molecule has 0 saturated heterocycles. The van der Waals surface area contributed by atoms with Crippen LogP contribution in [0.2, 0.25) is 5.02 Å². The molecule has 3 nitrogen and oxygen atoms in total. The van der Waals surface area contributed by atoms with Gasteiger partial charge in [-0.3, -0.25) is 9.78 Å². The van der Waals surface area contributed by atoms with E-state index in [0.29, 0.717) is 17.1 Å². The third-order valence-corrected chi connectivity index (χ3v) is 3.80. The highest BCUT2D eigenvalue weighted by Crippen LogP contribution is 2.19. The zero-order valence-corrected chi connectivity index (χ0v) is 13.2. The first-order valence-electron chi connectivity index (χ1n) is 5.67. The van der Waals surface area contributed by atoms with E-state index >= 15 is 0 Å². The lowest BCUT2D eigenvalue weighted by atomic mass is 10.2. The standard InChI is InChI=1S/C14H12ClIN2O/c1-18(9-10-4-6-17-7-5-10)14(19)12-3-2-11(15)8-13(12)16/h2-8H,9H2,1H3. The lowest BCUT2D eigenvalue weighted by Gasteiger charge is -2.18. The number of benzene rings is 1. The average Bonchev–Trinajstić information content (AvgIpc) is 2.39. The molecule has 98 valence electrons. The predicted molar refractivity (Wildman–Crippen MR) is 84.2 cm³/mol. The van der Waals surface area contributed by atoms with Gasteiger partial charge in [0.1, 0.15) is 0 Å². The highest BCUT2D eigenvalue weighted by Gasteiger charge is 2.15. The molecular weight excluding hydrogens is 375 g/mol. The van der Waals surface area contributed by atoms with Crippen LogP contribution in [0, 0.1) is 3.57 Å². The average molecular weight is 387 g/mol. The minimum Gasteiger partial charge on any atom is -0.337 e. The molecule has 0 spiro atoms. The van der Waals surface area contributed by atoms with E-state index in [-0.39, 0.29) is 5.91 Å². The molecular formula is C14H12ClIN2O. The van der Waals surface area contributed by atoms with Crippen molar-refractivity contribution in [3.05, 3.63) is 62.4 Å². The lowest BCUT2D eigenvalue weighted by Crippen LogP contribution is -2.26. The van der Waals surface area contributed by atoms with E-state index < -0.39 is 0 Å². The van der Waals surface area contributed by atoms with E-state index in [1.807, 2.05) is 12.1 Å². The van der Waals surface area contributed by atoms with Crippen molar-refractivity contribution < 1.29 is 4.79 Å². The molecule has 0 aliphatic heterocycles. The van der Waals surface area contributed by atoms with Crippen LogP contribution >= 0.6 is 34.2 Å². The molecule has 1 aromatic carbocycles. The van der Waals surface area contributed by atoms with Crippen molar-refractivity contribution >= 4 is 40.1 Å². The molecule has 0 saturated carbocycles. The van der Waals surface area contributed by atoms with Crippen LogP contribution in [0.5, 0.6) is 0 Å². The van der Waals surface area contributed by atoms with Gasteiger partial charge in [0.15, 0.2) is 0 Å². The SMILES string of the molecule is CN(Cc1ccncc1)C(=O)c1ccc(Cl)cc1I. The second-order valence-electron chi connectivity index (χ2n) is 4.14. The first-order chi connectivity index (χ1) is 9.08. The monoisotopic (exact) mass is 386 g/mol. The van der Waals surface area contributed by atoms with Gasteiger partial charge in [-0.05, 0) is 58.5 Å². The number of nitrogens with zero attached hydrogens (tertiary/aromatic N) is 2. The zero-order chi connectivity index (χ0) is 13.8. The summed E-state index contributed by atoms with van der Waals surface area (Å²) < 4.78 is 0.858. The zero-order valence-electron chi connectivity index (χ0n) is 10.3. The summed E-state index contributed by atoms with van der Waals surface area (Å²) in [5.74, 6) is -0.0159. The van der Waals surface area contributed by atoms with Crippen molar-refractivity contribution in [2.24, 2.45) is 0 Å². The van der Waals surface area contributed by atoms with Crippen molar-refractivity contribution in [3.8, 4) is 0 Å². The number of rotatable bonds is 3. The molecule has 0 unspecified atom stereocenters. The maximum absolute atomic E-state index is 12.3. The van der Waals surface area contributed by atoms with Gasteiger partial charge in [-0.25, -0.2) is 0 Å². The van der Waals surface area contributed by atoms with E-state index in [2.05, 4.69) is 27.6 Å². The Labute approximate surface area is 130 Å². The van der Waals surface area contributed by atoms with E-state index in [0.717, 1.165) is 9.13 Å². The normalized spacial score (nSPS) is 10.3. The quantitative estimate of drug-likeness (QED) is 0.755. The maximum Gasteiger partial charge on any atom is 0.254 e. The first-order valence-corrected chi connectivity index (χ1v) is 7.13. The van der Waals surface area contributed by atoms with Gasteiger partial charge in [-0.15, -0.1) is 0 Å². The number of aromatic nitrogens is 1. The summed E-state index contributed by atoms with van der Waals surface area (Å²) in [6.45, 7) is 0.556. The summed E-state index contributed by atoms with van der Waals surface area (Å²) in [7, 11) is 1.79. The second-order valence-corrected chi connectivity index (χ2v) is 5.74. The van der Waals surface area contributed by atoms with Crippen LogP contribution in [0.15, 0.2) is 42.7 Å². The van der Waals surface area contributed by atoms with E-state index in [9.17, 15) is 4.79 Å². The van der Waals surface area contributed by atoms with Gasteiger partial charge in [-0.2, -0.15) is 0 Å². The van der Waals surface area contributed by atoms with Crippen molar-refractivity contribution in [1.82, 2.24) is 9.88 Å². The molecule has 1 amide bonds. The highest BCUT2D eigenvalue weighted by atomic mass is 127. The summed E-state index contributed by atoms with van der Waals surface area (Å²) >= 11 is 8.02. The smallest absolute Gasteiger partial charge is 0.254 e. The highest BCUT2D eigenvalue weighted by molar-refractivity contribution is 14.1. The largest absolute Gasteiger partial charge is 0.337 e. The van der Waals surface area contributed by atoms with E-state index in [4.69, 9.17) is 11.6 Å². The number of amides is 1. The van der Waals surface area contributed by atoms with Gasteiger partial charge in [0, 0.05) is 34.6 Å². The number of carbonyl (C=O) groups is 1. The van der Waals surface area contributed by atoms with E-state index in [1.54, 1.807) is 42.5 Å². The number of halogens is 2. The van der Waals surface area contributed by atoms with Crippen LogP contribution in [0.4, 0.5) is 0 Å². The van der Waals surface area contributed by atoms with Crippen LogP contribution in [0.25, 0.3) is 0 Å². The molecule has 0 aliphatic rings. The molecule has 2 aromatic rings. The lowest BCUT2D eigenvalue weighted by molar-refractivity contribution is 0.0784. The molecule has 1 aromatic heterocycles. The van der Waals surface area contributed by atoms with Gasteiger partial charge in [-0.1, -0.05) is 11.6 Å². The minimum absolute atomic E-state index is 0.0159. The Bertz CT molecular complexity index is 589. The molecule has 0 aliphatic carbocycles. The molecule has 2 rings (SSSR count). The Morgan fingerprint density at radius 2 is 2.00 bits per heavy atom. The Hall–Kier alpha value is -1.14. The summed E-state index contributed by atoms with van der Waals surface area (Å²) in [6.07, 6.45) is 3.44. The van der Waals surface area contributed by atoms with Crippen LogP contribution in [-0.2, 0) is 6.54 Å². The van der Waals surface area contributed by atoms with Crippen LogP contribution in [0.3, 0.4) is 0 Å². The Morgan fingerprint density at radius 1 is 1.32 bits per heavy atom. The molecule has 19 heavy (non-hydrogen) atoms. The summed E-state index contributed by atoms with van der Waals surface area (Å²) in [5.41, 5.74) is 1.72. The molecule has 0 atom stereocenters. The summed E-state index contributed by atoms with van der Waals surface area (Å²) in [4.78, 5) is 18.0. The number of hydrogen-bond donors (Lipinski definition) is 0. The minimum atomic E-state index is -0.0159. The molecule has 0 N–H and O–H groups in total. The van der Waals surface area contributed by atoms with Crippen molar-refractivity contribution in [2.45, 2.75) is 6.54 Å². The Kier molecular flexibility index (Phi) is 4.76. The first kappa shape index (κ1) is 14.3. The van der Waals surface area contributed by atoms with Crippen molar-refractivity contribution in [3.63, 3.8) is 0 Å². The van der Waals surface area contributed by atoms with Crippen molar-refractivity contribution in [1.29, 1.82) is 0 Å². The van der Waals surface area contributed by atoms with Gasteiger partial charge >= 0.3 is 0 Å². The van der Waals surface area contributed by atoms with Gasteiger partial charge in [0.25, 0.3) is 5.91 Å². The number of hydrogen-bond acceptors (Lipinski definition) is 2. The fraction of sp³-hybridized carbons (Fsp3) is 0.143. The third kappa shape index (κ3) is 3.67. The summed E-state index contributed by atoms with van der Waals surface area (Å²) in [6, 6.07) is 9.08. The van der Waals surface area contributed by atoms with Gasteiger partial charge in [0.2, 0.25) is 0 Å². The molecule has 0 bridgehead atoms. The van der Waals surface area contributed by atoms with Crippen LogP contribution < -0.4 is 0 Å². The maximum atomic E-state index is 12.3. The number of carbonyl (C=O) groups excluding carboxylic acids is 1. The third-order valence-electron chi connectivity index (χ3n) is 2.68. The van der Waals surface area contributed by atoms with E-state index in [1.165, 1.54) is 0 Å². The molecule has 0 radical (unpaired) electrons. The Balaban J connectivity index is 2.15. The fourth-order valence-electron chi connectivity index (χ4n) is 1.70. The van der Waals surface area contributed by atoms with Gasteiger partial charge in [0.05, 0.1) is 5.56 Å². The fourth-order valence-corrected chi connectivity index (χ4v) is 2.80. The van der Waals surface area contributed by atoms with Crippen LogP contribution in [-0.4, -0.2) is 22.8 Å². The van der Waals surface area contributed by atoms with Crippen molar-refractivity contribution in [2.75, 3.05) is 7.05 Å². The van der Waals surface area contributed by atoms with Gasteiger partial charge < -0.3 is 4.90 Å². The Morgan fingerprint density at radius 3 is 2.63 bits per heavy atom. The number of pyridine rings is 1. The second kappa shape index (κ2) is 6.34. The topological polar surface area (TPSA) is 33.2 Å². The molecule has 1 heterocycles. The van der Waals surface area contributed by atoms with Crippen LogP contribution in [0.1, 0.15) is 15.9 Å².